The lowest BCUT2D eigenvalue weighted by Gasteiger charge is -2.25. The van der Waals surface area contributed by atoms with Crippen LogP contribution in [0, 0.1) is 0 Å². The molecule has 0 aliphatic carbocycles. The van der Waals surface area contributed by atoms with Crippen LogP contribution in [0.4, 0.5) is 0 Å². The molecule has 224 valence electrons. The zero-order valence-electron chi connectivity index (χ0n) is 21.2. The summed E-state index contributed by atoms with van der Waals surface area (Å²) in [7, 11) is -12.5. The van der Waals surface area contributed by atoms with Crippen LogP contribution >= 0.6 is 0 Å². The van der Waals surface area contributed by atoms with Gasteiger partial charge in [0.2, 0.25) is 0 Å². The molecular formula is C21H25N5O12S3. The molecule has 3 aromatic heterocycles. The smallest absolute Gasteiger partial charge is 0.362 e. The van der Waals surface area contributed by atoms with Gasteiger partial charge in [0.25, 0.3) is 0 Å². The summed E-state index contributed by atoms with van der Waals surface area (Å²) in [6.07, 6.45) is 3.88. The molecule has 0 spiro atoms. The van der Waals surface area contributed by atoms with E-state index in [2.05, 4.69) is 27.5 Å². The third-order valence-corrected chi connectivity index (χ3v) is 6.18. The number of hydrogen-bond donors (Lipinski definition) is 3. The summed E-state index contributed by atoms with van der Waals surface area (Å²) < 4.78 is 107. The van der Waals surface area contributed by atoms with Crippen molar-refractivity contribution in [3.05, 3.63) is 72.1 Å². The molecule has 3 heterocycles. The highest BCUT2D eigenvalue weighted by Gasteiger charge is 2.15. The number of nitrogens with zero attached hydrogens (tertiary/aromatic N) is 5. The molecule has 41 heavy (non-hydrogen) atoms. The summed E-state index contributed by atoms with van der Waals surface area (Å²) in [5, 5.41) is 0. The van der Waals surface area contributed by atoms with Gasteiger partial charge in [-0.1, -0.05) is 0 Å². The van der Waals surface area contributed by atoms with Crippen LogP contribution in [0.25, 0.3) is 0 Å². The van der Waals surface area contributed by atoms with Crippen LogP contribution in [-0.4, -0.2) is 83.8 Å². The van der Waals surface area contributed by atoms with E-state index in [4.69, 9.17) is 13.7 Å². The number of likely N-dealkylation sites (N-methyl/N-ethyl adjacent to an activating group) is 1. The first-order valence-electron chi connectivity index (χ1n) is 11.3. The lowest BCUT2D eigenvalue weighted by molar-refractivity contribution is 0.204. The van der Waals surface area contributed by atoms with Crippen molar-refractivity contribution in [2.45, 2.75) is 19.6 Å². The van der Waals surface area contributed by atoms with Gasteiger partial charge >= 0.3 is 31.2 Å². The van der Waals surface area contributed by atoms with Crippen molar-refractivity contribution >= 4 is 31.2 Å². The summed E-state index contributed by atoms with van der Waals surface area (Å²) in [5.74, 6) is -0.465. The average Bonchev–Trinajstić information content (AvgIpc) is 2.80. The van der Waals surface area contributed by atoms with Crippen molar-refractivity contribution < 1.29 is 51.5 Å². The quantitative estimate of drug-likeness (QED) is 0.193. The molecule has 3 rings (SSSR count). The van der Waals surface area contributed by atoms with E-state index < -0.39 is 31.2 Å². The van der Waals surface area contributed by atoms with Crippen molar-refractivity contribution in [1.82, 2.24) is 24.8 Å². The minimum Gasteiger partial charge on any atom is -0.362 e. The Balaban J connectivity index is 1.76. The fourth-order valence-corrected chi connectivity index (χ4v) is 4.53. The molecule has 0 radical (unpaired) electrons. The Morgan fingerprint density at radius 2 is 0.951 bits per heavy atom. The molecule has 0 aromatic carbocycles. The van der Waals surface area contributed by atoms with E-state index in [9.17, 15) is 25.3 Å². The number of pyridine rings is 3. The SMILES string of the molecule is CN(CCN(Cc1cc(OS(=O)(=O)O)ccn1)Cc1cc(OS(=O)(=O)O)ccn1)Cc1cc(OS(=O)(=O)O)ccn1. The molecule has 0 saturated heterocycles. The van der Waals surface area contributed by atoms with Crippen LogP contribution < -0.4 is 12.5 Å². The summed E-state index contributed by atoms with van der Waals surface area (Å²) in [5.41, 5.74) is 1.15. The van der Waals surface area contributed by atoms with Gasteiger partial charge in [0.15, 0.2) is 0 Å². The number of rotatable bonds is 15. The highest BCUT2D eigenvalue weighted by atomic mass is 32.3. The van der Waals surface area contributed by atoms with E-state index in [1.807, 2.05) is 9.80 Å². The second-order valence-corrected chi connectivity index (χ2v) is 11.5. The third kappa shape index (κ3) is 12.7. The van der Waals surface area contributed by atoms with Gasteiger partial charge in [-0.2, -0.15) is 25.3 Å². The first-order chi connectivity index (χ1) is 19.0. The summed E-state index contributed by atoms with van der Waals surface area (Å²) >= 11 is 0. The Hall–Kier alpha value is -3.50. The Morgan fingerprint density at radius 3 is 1.29 bits per heavy atom. The molecule has 20 heteroatoms. The predicted octanol–water partition coefficient (Wildman–Crippen LogP) is 0.551. The first-order valence-corrected chi connectivity index (χ1v) is 15.4. The lowest BCUT2D eigenvalue weighted by Crippen LogP contribution is -2.33. The maximum atomic E-state index is 11.1. The molecule has 0 aliphatic rings. The summed E-state index contributed by atoms with van der Waals surface area (Å²) in [4.78, 5) is 16.2. The van der Waals surface area contributed by atoms with Crippen molar-refractivity contribution in [3.63, 3.8) is 0 Å². The normalized spacial score (nSPS) is 12.4. The van der Waals surface area contributed by atoms with Crippen LogP contribution in [0.2, 0.25) is 0 Å². The van der Waals surface area contributed by atoms with E-state index in [0.717, 1.165) is 0 Å². The second kappa shape index (κ2) is 13.4. The molecule has 0 saturated carbocycles. The molecule has 3 N–H and O–H groups in total. The molecule has 17 nitrogen and oxygen atoms in total. The predicted molar refractivity (Wildman–Crippen MR) is 140 cm³/mol. The zero-order valence-corrected chi connectivity index (χ0v) is 23.7. The molecule has 0 amide bonds. The van der Waals surface area contributed by atoms with Crippen molar-refractivity contribution in [2.75, 3.05) is 20.1 Å². The number of aromatic nitrogens is 3. The molecule has 0 fully saturated rings. The van der Waals surface area contributed by atoms with Crippen LogP contribution in [0.15, 0.2) is 55.0 Å². The van der Waals surface area contributed by atoms with Gasteiger partial charge in [-0.25, -0.2) is 0 Å². The van der Waals surface area contributed by atoms with Gasteiger partial charge in [-0.3, -0.25) is 38.4 Å². The summed E-state index contributed by atoms with van der Waals surface area (Å²) in [6.45, 7) is 1.23. The largest absolute Gasteiger partial charge is 0.446 e. The van der Waals surface area contributed by atoms with Crippen molar-refractivity contribution in [2.24, 2.45) is 0 Å². The van der Waals surface area contributed by atoms with Crippen LogP contribution in [0.1, 0.15) is 17.1 Å². The third-order valence-electron chi connectivity index (χ3n) is 4.97. The van der Waals surface area contributed by atoms with Gasteiger partial charge < -0.3 is 12.5 Å². The highest BCUT2D eigenvalue weighted by Crippen LogP contribution is 2.18. The zero-order chi connectivity index (χ0) is 30.3. The van der Waals surface area contributed by atoms with Crippen LogP contribution in [0.5, 0.6) is 17.2 Å². The van der Waals surface area contributed by atoms with Crippen molar-refractivity contribution in [1.29, 1.82) is 0 Å². The highest BCUT2D eigenvalue weighted by molar-refractivity contribution is 7.81. The standard InChI is InChI=1S/C21H25N5O12S3/c1-25(13-16-10-19(2-5-22-16)36-39(27,28)29)8-9-26(14-17-11-20(3-6-23-17)37-40(30,31)32)15-18-12-21(4-7-24-18)38-41(33,34)35/h2-7,10-12H,8-9,13-15H2,1H3,(H,27,28,29)(H,30,31,32)(H,33,34,35). The van der Waals surface area contributed by atoms with E-state index in [1.165, 1.54) is 55.0 Å². The Morgan fingerprint density at radius 1 is 0.610 bits per heavy atom. The van der Waals surface area contributed by atoms with Gasteiger partial charge in [0, 0.05) is 87.7 Å². The molecular weight excluding hydrogens is 610 g/mol. The Bertz CT molecular complexity index is 1590. The molecule has 0 unspecified atom stereocenters. The minimum absolute atomic E-state index is 0.122. The monoisotopic (exact) mass is 635 g/mol. The Labute approximate surface area is 236 Å². The molecule has 0 aliphatic heterocycles. The second-order valence-electron chi connectivity index (χ2n) is 8.43. The molecule has 0 atom stereocenters. The van der Waals surface area contributed by atoms with E-state index in [1.54, 1.807) is 7.05 Å². The molecule has 0 bridgehead atoms. The topological polar surface area (TPSA) is 236 Å². The van der Waals surface area contributed by atoms with Gasteiger partial charge in [0.05, 0.1) is 17.1 Å². The van der Waals surface area contributed by atoms with Gasteiger partial charge in [-0.05, 0) is 7.05 Å². The average molecular weight is 636 g/mol. The minimum atomic E-state index is -4.76. The lowest BCUT2D eigenvalue weighted by atomic mass is 10.2. The van der Waals surface area contributed by atoms with Gasteiger partial charge in [-0.15, -0.1) is 0 Å². The van der Waals surface area contributed by atoms with Gasteiger partial charge in [0.1, 0.15) is 17.2 Å². The van der Waals surface area contributed by atoms with Crippen molar-refractivity contribution in [3.8, 4) is 17.2 Å². The van der Waals surface area contributed by atoms with E-state index in [0.29, 0.717) is 30.2 Å². The number of hydrogen-bond acceptors (Lipinski definition) is 14. The van der Waals surface area contributed by atoms with E-state index >= 15 is 0 Å². The summed E-state index contributed by atoms with van der Waals surface area (Å²) in [6, 6.07) is 7.69. The molecule has 3 aromatic rings. The van der Waals surface area contributed by atoms with E-state index in [-0.39, 0.29) is 36.9 Å². The maximum absolute atomic E-state index is 11.1. The van der Waals surface area contributed by atoms with Crippen LogP contribution in [-0.2, 0) is 50.8 Å². The Kier molecular flexibility index (Phi) is 10.5. The first kappa shape index (κ1) is 32.0. The fourth-order valence-electron chi connectivity index (χ4n) is 3.49. The van der Waals surface area contributed by atoms with Crippen LogP contribution in [0.3, 0.4) is 0 Å². The maximum Gasteiger partial charge on any atom is 0.446 e. The fraction of sp³-hybridized carbons (Fsp3) is 0.286.